The van der Waals surface area contributed by atoms with Gasteiger partial charge in [-0.05, 0) is 43.2 Å². The molecule has 0 aromatic heterocycles. The SMILES string of the molecule is [2H]C1([2H])Oc2ccc(C[C@@H](CC)OS(=O)(=O)c3ccc(C)cc3)cc2O1. The second kappa shape index (κ2) is 6.83. The maximum Gasteiger partial charge on any atom is 0.297 e. The van der Waals surface area contributed by atoms with Crippen molar-refractivity contribution in [2.75, 3.05) is 6.75 Å². The van der Waals surface area contributed by atoms with E-state index >= 15 is 0 Å². The summed E-state index contributed by atoms with van der Waals surface area (Å²) < 4.78 is 55.4. The molecule has 128 valence electrons. The molecule has 0 saturated heterocycles. The van der Waals surface area contributed by atoms with Gasteiger partial charge in [-0.15, -0.1) is 0 Å². The molecule has 0 N–H and O–H groups in total. The summed E-state index contributed by atoms with van der Waals surface area (Å²) in [5.41, 5.74) is 1.74. The number of hydrogen-bond donors (Lipinski definition) is 0. The normalized spacial score (nSPS) is 17.9. The zero-order valence-corrected chi connectivity index (χ0v) is 14.3. The Kier molecular flexibility index (Phi) is 4.07. The molecule has 0 amide bonds. The molecule has 5 nitrogen and oxygen atoms in total. The third-order valence-corrected chi connectivity index (χ3v) is 5.18. The van der Waals surface area contributed by atoms with Crippen LogP contribution in [0.15, 0.2) is 47.4 Å². The second-order valence-corrected chi connectivity index (χ2v) is 7.24. The van der Waals surface area contributed by atoms with Crippen molar-refractivity contribution >= 4 is 10.1 Å². The standard InChI is InChI=1S/C18H20O5S/c1-3-15(10-14-6-9-17-18(11-14)22-12-21-17)23-24(19,20)16-7-4-13(2)5-8-16/h4-9,11,15H,3,10,12H2,1-2H3/t15-/m1/s1/i12D2. The topological polar surface area (TPSA) is 61.8 Å². The highest BCUT2D eigenvalue weighted by atomic mass is 32.2. The van der Waals surface area contributed by atoms with Gasteiger partial charge < -0.3 is 9.47 Å². The Morgan fingerprint density at radius 1 is 1.17 bits per heavy atom. The van der Waals surface area contributed by atoms with Crippen LogP contribution in [-0.4, -0.2) is 21.3 Å². The van der Waals surface area contributed by atoms with Crippen molar-refractivity contribution in [3.63, 3.8) is 0 Å². The van der Waals surface area contributed by atoms with Gasteiger partial charge in [0.15, 0.2) is 11.5 Å². The van der Waals surface area contributed by atoms with Gasteiger partial charge in [0.25, 0.3) is 10.1 Å². The van der Waals surface area contributed by atoms with Crippen LogP contribution < -0.4 is 9.47 Å². The van der Waals surface area contributed by atoms with E-state index in [0.29, 0.717) is 24.3 Å². The van der Waals surface area contributed by atoms with Crippen LogP contribution in [0.25, 0.3) is 0 Å². The summed E-state index contributed by atoms with van der Waals surface area (Å²) in [5.74, 6) is 0.615. The lowest BCUT2D eigenvalue weighted by Crippen LogP contribution is -2.20. The number of aryl methyl sites for hydroxylation is 1. The number of benzene rings is 2. The van der Waals surface area contributed by atoms with Crippen molar-refractivity contribution in [2.45, 2.75) is 37.7 Å². The fourth-order valence-electron chi connectivity index (χ4n) is 2.40. The molecule has 2 aromatic rings. The Hall–Kier alpha value is -2.05. The maximum absolute atomic E-state index is 12.5. The third-order valence-electron chi connectivity index (χ3n) is 3.80. The highest BCUT2D eigenvalue weighted by molar-refractivity contribution is 7.86. The molecule has 0 spiro atoms. The number of rotatable bonds is 6. The molecule has 0 unspecified atom stereocenters. The van der Waals surface area contributed by atoms with Gasteiger partial charge in [-0.1, -0.05) is 30.7 Å². The molecule has 3 rings (SSSR count). The van der Waals surface area contributed by atoms with Crippen molar-refractivity contribution in [1.82, 2.24) is 0 Å². The van der Waals surface area contributed by atoms with E-state index in [4.69, 9.17) is 16.4 Å². The second-order valence-electron chi connectivity index (χ2n) is 5.67. The fourth-order valence-corrected chi connectivity index (χ4v) is 3.55. The zero-order valence-electron chi connectivity index (χ0n) is 15.5. The van der Waals surface area contributed by atoms with E-state index in [-0.39, 0.29) is 4.90 Å². The van der Waals surface area contributed by atoms with Crippen LogP contribution in [0, 0.1) is 6.92 Å². The highest BCUT2D eigenvalue weighted by Crippen LogP contribution is 2.33. The Labute approximate surface area is 145 Å². The lowest BCUT2D eigenvalue weighted by atomic mass is 10.1. The predicted octanol–water partition coefficient (Wildman–Crippen LogP) is 3.45. The molecular formula is C18H20O5S. The average Bonchev–Trinajstić information content (AvgIpc) is 2.87. The molecule has 0 saturated carbocycles. The molecule has 1 atom stereocenters. The van der Waals surface area contributed by atoms with Gasteiger partial charge in [0.2, 0.25) is 6.75 Å². The summed E-state index contributed by atoms with van der Waals surface area (Å²) in [7, 11) is -3.85. The molecule has 0 aliphatic carbocycles. The van der Waals surface area contributed by atoms with Crippen LogP contribution in [0.1, 0.15) is 27.2 Å². The monoisotopic (exact) mass is 350 g/mol. The van der Waals surface area contributed by atoms with Crippen LogP contribution in [0.4, 0.5) is 0 Å². The fraction of sp³-hybridized carbons (Fsp3) is 0.333. The van der Waals surface area contributed by atoms with Gasteiger partial charge in [-0.3, -0.25) is 4.18 Å². The molecule has 1 aliphatic rings. The number of ether oxygens (including phenoxy) is 2. The molecular weight excluding hydrogens is 328 g/mol. The lowest BCUT2D eigenvalue weighted by Gasteiger charge is -2.16. The molecule has 0 bridgehead atoms. The van der Waals surface area contributed by atoms with E-state index in [0.717, 1.165) is 11.1 Å². The summed E-state index contributed by atoms with van der Waals surface area (Å²) in [4.78, 5) is 0.125. The largest absolute Gasteiger partial charge is 0.454 e. The first kappa shape index (κ1) is 14.3. The van der Waals surface area contributed by atoms with Crippen LogP contribution in [0.2, 0.25) is 0 Å². The molecule has 24 heavy (non-hydrogen) atoms. The summed E-state index contributed by atoms with van der Waals surface area (Å²) >= 11 is 0. The van der Waals surface area contributed by atoms with Crippen molar-refractivity contribution in [3.8, 4) is 11.5 Å². The molecule has 6 heteroatoms. The molecule has 1 heterocycles. The first-order chi connectivity index (χ1) is 12.2. The molecule has 0 radical (unpaired) electrons. The Balaban J connectivity index is 1.73. The van der Waals surface area contributed by atoms with E-state index < -0.39 is 23.0 Å². The van der Waals surface area contributed by atoms with Gasteiger partial charge in [0, 0.05) is 6.42 Å². The van der Waals surface area contributed by atoms with Crippen molar-refractivity contribution in [1.29, 1.82) is 0 Å². The summed E-state index contributed by atoms with van der Waals surface area (Å²) in [6.07, 6.45) is 0.306. The predicted molar refractivity (Wildman–Crippen MR) is 89.8 cm³/mol. The average molecular weight is 350 g/mol. The maximum atomic E-state index is 12.5. The minimum atomic E-state index is -3.85. The lowest BCUT2D eigenvalue weighted by molar-refractivity contribution is 0.174. The Morgan fingerprint density at radius 2 is 1.88 bits per heavy atom. The van der Waals surface area contributed by atoms with Crippen molar-refractivity contribution in [2.24, 2.45) is 0 Å². The van der Waals surface area contributed by atoms with Crippen molar-refractivity contribution in [3.05, 3.63) is 53.6 Å². The van der Waals surface area contributed by atoms with E-state index in [1.807, 2.05) is 13.8 Å². The van der Waals surface area contributed by atoms with Crippen LogP contribution in [0.5, 0.6) is 11.5 Å². The Bertz CT molecular complexity index is 894. The van der Waals surface area contributed by atoms with Gasteiger partial charge >= 0.3 is 0 Å². The summed E-state index contributed by atoms with van der Waals surface area (Å²) in [5, 5.41) is 0. The van der Waals surface area contributed by atoms with Crippen LogP contribution in [0.3, 0.4) is 0 Å². The van der Waals surface area contributed by atoms with E-state index in [1.165, 1.54) is 12.1 Å². The Morgan fingerprint density at radius 3 is 2.58 bits per heavy atom. The summed E-state index contributed by atoms with van der Waals surface area (Å²) in [6.45, 7) is 1.55. The number of fused-ring (bicyclic) bond motifs is 1. The quantitative estimate of drug-likeness (QED) is 0.747. The van der Waals surface area contributed by atoms with Gasteiger partial charge in [-0.2, -0.15) is 8.42 Å². The van der Waals surface area contributed by atoms with Gasteiger partial charge in [0.05, 0.1) is 11.0 Å². The molecule has 2 aromatic carbocycles. The number of hydrogen-bond acceptors (Lipinski definition) is 5. The summed E-state index contributed by atoms with van der Waals surface area (Å²) in [6, 6.07) is 11.5. The zero-order chi connectivity index (χ0) is 18.9. The minimum absolute atomic E-state index is 0.125. The smallest absolute Gasteiger partial charge is 0.297 e. The first-order valence-corrected chi connectivity index (χ1v) is 9.10. The van der Waals surface area contributed by atoms with Crippen LogP contribution >= 0.6 is 0 Å². The third kappa shape index (κ3) is 3.71. The van der Waals surface area contributed by atoms with Gasteiger partial charge in [-0.25, -0.2) is 0 Å². The van der Waals surface area contributed by atoms with Crippen molar-refractivity contribution < 1.29 is 24.8 Å². The highest BCUT2D eigenvalue weighted by Gasteiger charge is 2.22. The molecule has 0 fully saturated rings. The van der Waals surface area contributed by atoms with E-state index in [1.54, 1.807) is 30.3 Å². The van der Waals surface area contributed by atoms with Crippen LogP contribution in [-0.2, 0) is 20.7 Å². The van der Waals surface area contributed by atoms with Gasteiger partial charge in [0.1, 0.15) is 2.74 Å². The molecule has 1 aliphatic heterocycles. The first-order valence-electron chi connectivity index (χ1n) is 8.69. The van der Waals surface area contributed by atoms with E-state index in [2.05, 4.69) is 0 Å². The minimum Gasteiger partial charge on any atom is -0.454 e. The van der Waals surface area contributed by atoms with E-state index in [9.17, 15) is 8.42 Å².